The van der Waals surface area contributed by atoms with E-state index < -0.39 is 11.6 Å². The molecule has 0 saturated carbocycles. The minimum absolute atomic E-state index is 0.132. The molecule has 7 nitrogen and oxygen atoms in total. The van der Waals surface area contributed by atoms with Gasteiger partial charge in [-0.05, 0) is 23.8 Å². The number of urea groups is 1. The number of nitrogens with zero attached hydrogens (tertiary/aromatic N) is 1. The van der Waals surface area contributed by atoms with E-state index in [2.05, 4.69) is 21.2 Å². The lowest BCUT2D eigenvalue weighted by molar-refractivity contribution is -0.133. The maximum Gasteiger partial charge on any atom is 0.325 e. The Morgan fingerprint density at radius 3 is 2.54 bits per heavy atom. The van der Waals surface area contributed by atoms with E-state index in [0.29, 0.717) is 49.1 Å². The van der Waals surface area contributed by atoms with Crippen molar-refractivity contribution in [2.45, 2.75) is 18.5 Å². The van der Waals surface area contributed by atoms with E-state index in [1.54, 1.807) is 0 Å². The second-order valence-corrected chi connectivity index (χ2v) is 7.76. The van der Waals surface area contributed by atoms with Crippen molar-refractivity contribution < 1.29 is 23.8 Å². The van der Waals surface area contributed by atoms with Gasteiger partial charge in [0, 0.05) is 16.5 Å². The molecule has 1 atom stereocenters. The van der Waals surface area contributed by atoms with Crippen molar-refractivity contribution in [3.05, 3.63) is 52.0 Å². The molecule has 28 heavy (non-hydrogen) atoms. The van der Waals surface area contributed by atoms with E-state index >= 15 is 0 Å². The third kappa shape index (κ3) is 2.55. The van der Waals surface area contributed by atoms with Crippen LogP contribution in [0.4, 0.5) is 4.79 Å². The van der Waals surface area contributed by atoms with Gasteiger partial charge in [0.05, 0.1) is 13.2 Å². The van der Waals surface area contributed by atoms with Crippen LogP contribution in [0, 0.1) is 0 Å². The predicted octanol–water partition coefficient (Wildman–Crippen LogP) is 2.95. The van der Waals surface area contributed by atoms with Gasteiger partial charge in [-0.25, -0.2) is 4.79 Å². The molecule has 1 saturated heterocycles. The first-order valence-corrected chi connectivity index (χ1v) is 9.82. The number of benzene rings is 2. The van der Waals surface area contributed by atoms with Crippen LogP contribution in [0.5, 0.6) is 17.2 Å². The molecular formula is C20H17BrN2O5. The summed E-state index contributed by atoms with van der Waals surface area (Å²) in [7, 11) is 0. The van der Waals surface area contributed by atoms with Crippen molar-refractivity contribution in [3.8, 4) is 17.2 Å². The van der Waals surface area contributed by atoms with Crippen LogP contribution in [0.2, 0.25) is 0 Å². The molecule has 8 heteroatoms. The minimum Gasteiger partial charge on any atom is -0.493 e. The number of hydrogen-bond acceptors (Lipinski definition) is 5. The zero-order chi connectivity index (χ0) is 19.3. The molecule has 0 bridgehead atoms. The van der Waals surface area contributed by atoms with Gasteiger partial charge < -0.3 is 19.5 Å². The molecule has 1 fully saturated rings. The van der Waals surface area contributed by atoms with E-state index in [4.69, 9.17) is 14.2 Å². The van der Waals surface area contributed by atoms with Crippen molar-refractivity contribution in [3.63, 3.8) is 0 Å². The van der Waals surface area contributed by atoms with Gasteiger partial charge in [0.25, 0.3) is 5.91 Å². The van der Waals surface area contributed by atoms with Crippen LogP contribution in [0.3, 0.4) is 0 Å². The first-order chi connectivity index (χ1) is 13.6. The molecule has 144 valence electrons. The lowest BCUT2D eigenvalue weighted by Crippen LogP contribution is -2.47. The summed E-state index contributed by atoms with van der Waals surface area (Å²) in [6.45, 7) is 1.46. The molecule has 1 N–H and O–H groups in total. The number of carbonyl (C=O) groups excluding carboxylic acids is 2. The Labute approximate surface area is 169 Å². The van der Waals surface area contributed by atoms with Crippen LogP contribution in [0.1, 0.15) is 17.5 Å². The number of carbonyl (C=O) groups is 2. The summed E-state index contributed by atoms with van der Waals surface area (Å²) in [5.74, 6) is 1.62. The molecule has 2 aromatic rings. The van der Waals surface area contributed by atoms with Gasteiger partial charge in [0.1, 0.15) is 19.0 Å². The molecule has 2 aromatic carbocycles. The van der Waals surface area contributed by atoms with Gasteiger partial charge in [0.15, 0.2) is 17.0 Å². The first-order valence-electron chi connectivity index (χ1n) is 9.03. The van der Waals surface area contributed by atoms with Crippen LogP contribution < -0.4 is 19.5 Å². The Morgan fingerprint density at radius 1 is 1.00 bits per heavy atom. The second kappa shape index (κ2) is 6.41. The molecule has 3 aliphatic heterocycles. The topological polar surface area (TPSA) is 77.1 Å². The second-order valence-electron chi connectivity index (χ2n) is 6.91. The van der Waals surface area contributed by atoms with Gasteiger partial charge in [-0.3, -0.25) is 9.69 Å². The quantitative estimate of drug-likeness (QED) is 0.720. The molecule has 3 aliphatic rings. The van der Waals surface area contributed by atoms with Crippen molar-refractivity contribution >= 4 is 27.9 Å². The van der Waals surface area contributed by atoms with Crippen molar-refractivity contribution in [2.24, 2.45) is 0 Å². The average Bonchev–Trinajstić information content (AvgIpc) is 2.93. The zero-order valence-electron chi connectivity index (χ0n) is 14.9. The molecule has 3 amide bonds. The Morgan fingerprint density at radius 2 is 1.71 bits per heavy atom. The van der Waals surface area contributed by atoms with E-state index in [0.717, 1.165) is 10.0 Å². The number of imide groups is 1. The van der Waals surface area contributed by atoms with Gasteiger partial charge >= 0.3 is 6.03 Å². The van der Waals surface area contributed by atoms with E-state index in [-0.39, 0.29) is 12.5 Å². The molecule has 5 rings (SSSR count). The summed E-state index contributed by atoms with van der Waals surface area (Å²) in [4.78, 5) is 27.4. The number of amides is 3. The van der Waals surface area contributed by atoms with Gasteiger partial charge in [-0.2, -0.15) is 0 Å². The molecule has 1 spiro atoms. The third-order valence-electron chi connectivity index (χ3n) is 5.30. The summed E-state index contributed by atoms with van der Waals surface area (Å²) in [6.07, 6.45) is 0.396. The Hall–Kier alpha value is -2.74. The Kier molecular flexibility index (Phi) is 3.97. The van der Waals surface area contributed by atoms with Gasteiger partial charge in [0.2, 0.25) is 0 Å². The highest BCUT2D eigenvalue weighted by molar-refractivity contribution is 9.10. The fraction of sp³-hybridized carbons (Fsp3) is 0.300. The Balaban J connectivity index is 1.49. The van der Waals surface area contributed by atoms with Crippen molar-refractivity contribution in [1.29, 1.82) is 0 Å². The molecular weight excluding hydrogens is 428 g/mol. The summed E-state index contributed by atoms with van der Waals surface area (Å²) in [6, 6.07) is 10.5. The number of hydrogen-bond donors (Lipinski definition) is 1. The SMILES string of the molecule is O=C1N[C@@]2(CCOc3ccccc32)C(=O)N1Cc1cc2c(cc1Br)OCCO2. The number of ether oxygens (including phenoxy) is 3. The number of para-hydroxylation sites is 1. The van der Waals surface area contributed by atoms with E-state index in [1.165, 1.54) is 4.90 Å². The molecule has 0 aromatic heterocycles. The average molecular weight is 445 g/mol. The third-order valence-corrected chi connectivity index (χ3v) is 6.04. The van der Waals surface area contributed by atoms with Crippen LogP contribution in [-0.4, -0.2) is 36.7 Å². The smallest absolute Gasteiger partial charge is 0.325 e. The van der Waals surface area contributed by atoms with E-state index in [9.17, 15) is 9.59 Å². The van der Waals surface area contributed by atoms with Gasteiger partial charge in [-0.1, -0.05) is 34.1 Å². The number of fused-ring (bicyclic) bond motifs is 3. The van der Waals surface area contributed by atoms with Crippen molar-refractivity contribution in [1.82, 2.24) is 10.2 Å². The summed E-state index contributed by atoms with van der Waals surface area (Å²) < 4.78 is 17.6. The largest absolute Gasteiger partial charge is 0.493 e. The fourth-order valence-electron chi connectivity index (χ4n) is 3.91. The number of nitrogens with one attached hydrogen (secondary N) is 1. The molecule has 0 aliphatic carbocycles. The van der Waals surface area contributed by atoms with Crippen LogP contribution in [-0.2, 0) is 16.9 Å². The molecule has 0 radical (unpaired) electrons. The summed E-state index contributed by atoms with van der Waals surface area (Å²) in [5, 5.41) is 2.91. The monoisotopic (exact) mass is 444 g/mol. The lowest BCUT2D eigenvalue weighted by Gasteiger charge is -2.33. The Bertz CT molecular complexity index is 995. The van der Waals surface area contributed by atoms with E-state index in [1.807, 2.05) is 36.4 Å². The predicted molar refractivity (Wildman–Crippen MR) is 102 cm³/mol. The van der Waals surface area contributed by atoms with Crippen molar-refractivity contribution in [2.75, 3.05) is 19.8 Å². The molecule has 3 heterocycles. The zero-order valence-corrected chi connectivity index (χ0v) is 16.5. The van der Waals surface area contributed by atoms with Crippen LogP contribution in [0.15, 0.2) is 40.9 Å². The number of halogens is 1. The van der Waals surface area contributed by atoms with Gasteiger partial charge in [-0.15, -0.1) is 0 Å². The first kappa shape index (κ1) is 17.4. The highest BCUT2D eigenvalue weighted by Gasteiger charge is 2.54. The lowest BCUT2D eigenvalue weighted by atomic mass is 9.84. The number of rotatable bonds is 2. The van der Waals surface area contributed by atoms with Crippen LogP contribution >= 0.6 is 15.9 Å². The highest BCUT2D eigenvalue weighted by Crippen LogP contribution is 2.42. The normalized spacial score (nSPS) is 22.7. The van der Waals surface area contributed by atoms with Crippen LogP contribution in [0.25, 0.3) is 0 Å². The maximum atomic E-state index is 13.4. The summed E-state index contributed by atoms with van der Waals surface area (Å²) in [5.41, 5.74) is 0.389. The molecule has 0 unspecified atom stereocenters. The minimum atomic E-state index is -1.08. The highest BCUT2D eigenvalue weighted by atomic mass is 79.9. The standard InChI is InChI=1S/C20H17BrN2O5/c21-14-10-17-16(27-7-8-28-17)9-12(14)11-23-18(24)20(22-19(23)25)5-6-26-15-4-2-1-3-13(15)20/h1-4,9-10H,5-8,11H2,(H,22,25)/t20-/m1/s1. The fourth-order valence-corrected chi connectivity index (χ4v) is 4.36. The summed E-state index contributed by atoms with van der Waals surface area (Å²) >= 11 is 3.51. The maximum absolute atomic E-state index is 13.4.